The number of aromatic nitrogens is 2. The highest BCUT2D eigenvalue weighted by atomic mass is 15.0. The van der Waals surface area contributed by atoms with Crippen molar-refractivity contribution in [1.29, 1.82) is 0 Å². The molecule has 0 aliphatic heterocycles. The second-order valence-electron chi connectivity index (χ2n) is 13.6. The lowest BCUT2D eigenvalue weighted by molar-refractivity contribution is 0.858. The maximum absolute atomic E-state index is 2.57. The Kier molecular flexibility index (Phi) is 6.80. The van der Waals surface area contributed by atoms with Gasteiger partial charge in [0.05, 0.1) is 22.2 Å². The van der Waals surface area contributed by atoms with Gasteiger partial charge in [-0.1, -0.05) is 133 Å². The first-order valence-electron chi connectivity index (χ1n) is 17.8. The number of fused-ring (bicyclic) bond motifs is 6. The highest BCUT2D eigenvalue weighted by Gasteiger charge is 2.28. The van der Waals surface area contributed by atoms with Crippen LogP contribution >= 0.6 is 0 Å². The molecule has 2 nitrogen and oxygen atoms in total. The molecule has 2 aliphatic rings. The van der Waals surface area contributed by atoms with Gasteiger partial charge in [-0.3, -0.25) is 0 Å². The van der Waals surface area contributed by atoms with Crippen LogP contribution in [-0.4, -0.2) is 9.13 Å². The number of allylic oxidation sites excluding steroid dienone is 5. The molecule has 0 radical (unpaired) electrons. The summed E-state index contributed by atoms with van der Waals surface area (Å²) in [5, 5.41) is 3.92. The smallest absolute Gasteiger partial charge is 0.0575 e. The van der Waals surface area contributed by atoms with Crippen molar-refractivity contribution in [3.63, 3.8) is 0 Å². The summed E-state index contributed by atoms with van der Waals surface area (Å²) >= 11 is 0. The molecule has 0 amide bonds. The van der Waals surface area contributed by atoms with Crippen LogP contribution in [0.1, 0.15) is 46.7 Å². The molecule has 0 saturated carbocycles. The van der Waals surface area contributed by atoms with Crippen LogP contribution in [0.3, 0.4) is 0 Å². The van der Waals surface area contributed by atoms with Crippen LogP contribution in [0, 0.1) is 0 Å². The number of para-hydroxylation sites is 3. The number of hydrogen-bond donors (Lipinski definition) is 0. The minimum Gasteiger partial charge on any atom is -0.309 e. The fraction of sp³-hybridized carbons (Fsp3) is 0.0833. The third-order valence-corrected chi connectivity index (χ3v) is 10.7. The van der Waals surface area contributed by atoms with E-state index in [-0.39, 0.29) is 5.92 Å². The molecule has 6 aromatic carbocycles. The van der Waals surface area contributed by atoms with Crippen molar-refractivity contribution in [1.82, 2.24) is 9.13 Å². The summed E-state index contributed by atoms with van der Waals surface area (Å²) in [5.41, 5.74) is 15.5. The first kappa shape index (κ1) is 28.9. The number of benzene rings is 6. The van der Waals surface area contributed by atoms with Gasteiger partial charge in [0, 0.05) is 39.0 Å². The second-order valence-corrected chi connectivity index (χ2v) is 13.6. The Morgan fingerprint density at radius 1 is 0.520 bits per heavy atom. The minimum atomic E-state index is 0.278. The number of nitrogens with zero attached hydrogens (tertiary/aromatic N) is 2. The fourth-order valence-electron chi connectivity index (χ4n) is 8.51. The highest BCUT2D eigenvalue weighted by molar-refractivity contribution is 6.11. The molecule has 0 bridgehead atoms. The summed E-state index contributed by atoms with van der Waals surface area (Å²) in [5.74, 6) is 0.278. The molecule has 0 spiro atoms. The Labute approximate surface area is 292 Å². The number of hydrogen-bond acceptors (Lipinski definition) is 0. The summed E-state index contributed by atoms with van der Waals surface area (Å²) in [6.07, 6.45) is 10.5. The van der Waals surface area contributed by atoms with Crippen LogP contribution < -0.4 is 0 Å². The van der Waals surface area contributed by atoms with Crippen LogP contribution in [0.15, 0.2) is 176 Å². The first-order chi connectivity index (χ1) is 24.8. The maximum atomic E-state index is 2.57. The van der Waals surface area contributed by atoms with Crippen LogP contribution in [0.5, 0.6) is 0 Å². The molecule has 0 fully saturated rings. The number of aryl methyl sites for hydroxylation is 1. The van der Waals surface area contributed by atoms with Gasteiger partial charge in [-0.05, 0) is 89.6 Å². The van der Waals surface area contributed by atoms with Gasteiger partial charge in [0.1, 0.15) is 0 Å². The quantitative estimate of drug-likeness (QED) is 0.177. The van der Waals surface area contributed by atoms with Crippen LogP contribution in [0.25, 0.3) is 55.2 Å². The number of rotatable bonds is 5. The molecular weight excluding hydrogens is 605 g/mol. The van der Waals surface area contributed by atoms with Crippen molar-refractivity contribution in [3.05, 3.63) is 204 Å². The molecule has 8 aromatic rings. The van der Waals surface area contributed by atoms with E-state index < -0.39 is 0 Å². The molecule has 1 atom stereocenters. The highest BCUT2D eigenvalue weighted by Crippen LogP contribution is 2.45. The van der Waals surface area contributed by atoms with Gasteiger partial charge in [0.2, 0.25) is 0 Å². The summed E-state index contributed by atoms with van der Waals surface area (Å²) < 4.78 is 4.98. The maximum Gasteiger partial charge on any atom is 0.0575 e. The zero-order valence-corrected chi connectivity index (χ0v) is 27.8. The predicted octanol–water partition coefficient (Wildman–Crippen LogP) is 12.2. The Morgan fingerprint density at radius 2 is 1.16 bits per heavy atom. The Hall–Kier alpha value is -6.12. The summed E-state index contributed by atoms with van der Waals surface area (Å²) in [6.45, 7) is 0. The SMILES string of the molecule is C1=C(c2ccccc2)CC(c2ccccc2)C=C1n1c2c(c3ccccc31)CCC=C2c1ccc2c(c1)c1ccccc1n2-c1ccccc1. The lowest BCUT2D eigenvalue weighted by Gasteiger charge is -2.26. The topological polar surface area (TPSA) is 9.86 Å². The molecular formula is C48H36N2. The Bertz CT molecular complexity index is 2650. The van der Waals surface area contributed by atoms with Crippen molar-refractivity contribution in [3.8, 4) is 5.69 Å². The summed E-state index contributed by atoms with van der Waals surface area (Å²) in [6, 6.07) is 57.6. The van der Waals surface area contributed by atoms with Crippen LogP contribution in [0.4, 0.5) is 0 Å². The molecule has 10 rings (SSSR count). The van der Waals surface area contributed by atoms with E-state index in [0.717, 1.165) is 19.3 Å². The summed E-state index contributed by atoms with van der Waals surface area (Å²) in [4.78, 5) is 0. The van der Waals surface area contributed by atoms with Crippen molar-refractivity contribution < 1.29 is 0 Å². The van der Waals surface area contributed by atoms with Gasteiger partial charge >= 0.3 is 0 Å². The lowest BCUT2D eigenvalue weighted by Crippen LogP contribution is -2.11. The Morgan fingerprint density at radius 3 is 1.94 bits per heavy atom. The standard InChI is InChI=1S/C48H36N2/c1-4-15-33(16-5-1)36-29-37(34-17-6-2-7-18-34)31-39(30-36)50-46-26-13-10-21-41(46)43-24-14-23-40(48(43)50)35-27-28-47-44(32-35)42-22-11-12-25-45(42)49(47)38-19-8-3-9-20-38/h1-13,15-23,25-28,30-32,36H,14,24,29H2. The van der Waals surface area contributed by atoms with E-state index in [1.54, 1.807) is 0 Å². The van der Waals surface area contributed by atoms with E-state index in [1.165, 1.54) is 83.2 Å². The normalized spacial score (nSPS) is 15.9. The second kappa shape index (κ2) is 11.8. The predicted molar refractivity (Wildman–Crippen MR) is 211 cm³/mol. The van der Waals surface area contributed by atoms with Gasteiger partial charge in [0.15, 0.2) is 0 Å². The van der Waals surface area contributed by atoms with Crippen molar-refractivity contribution in [2.45, 2.75) is 25.2 Å². The zero-order valence-electron chi connectivity index (χ0n) is 27.8. The average Bonchev–Trinajstić information content (AvgIpc) is 3.71. The molecule has 238 valence electrons. The average molecular weight is 641 g/mol. The fourth-order valence-corrected chi connectivity index (χ4v) is 8.51. The van der Waals surface area contributed by atoms with E-state index in [9.17, 15) is 0 Å². The van der Waals surface area contributed by atoms with Crippen molar-refractivity contribution >= 4 is 49.6 Å². The van der Waals surface area contributed by atoms with E-state index in [4.69, 9.17) is 0 Å². The minimum absolute atomic E-state index is 0.278. The third kappa shape index (κ3) is 4.64. The van der Waals surface area contributed by atoms with Gasteiger partial charge in [-0.2, -0.15) is 0 Å². The molecule has 0 saturated heterocycles. The van der Waals surface area contributed by atoms with E-state index in [2.05, 4.69) is 185 Å². The molecule has 2 heterocycles. The monoisotopic (exact) mass is 640 g/mol. The molecule has 2 aliphatic carbocycles. The van der Waals surface area contributed by atoms with Crippen LogP contribution in [0.2, 0.25) is 0 Å². The first-order valence-corrected chi connectivity index (χ1v) is 17.8. The summed E-state index contributed by atoms with van der Waals surface area (Å²) in [7, 11) is 0. The third-order valence-electron chi connectivity index (χ3n) is 10.7. The largest absolute Gasteiger partial charge is 0.309 e. The van der Waals surface area contributed by atoms with Crippen LogP contribution in [-0.2, 0) is 6.42 Å². The molecule has 0 N–H and O–H groups in total. The molecule has 50 heavy (non-hydrogen) atoms. The van der Waals surface area contributed by atoms with E-state index >= 15 is 0 Å². The van der Waals surface area contributed by atoms with Gasteiger partial charge in [-0.25, -0.2) is 0 Å². The van der Waals surface area contributed by atoms with E-state index in [0.29, 0.717) is 0 Å². The lowest BCUT2D eigenvalue weighted by atomic mass is 9.84. The zero-order chi connectivity index (χ0) is 33.0. The molecule has 2 aromatic heterocycles. The van der Waals surface area contributed by atoms with Gasteiger partial charge < -0.3 is 9.13 Å². The van der Waals surface area contributed by atoms with Gasteiger partial charge in [-0.15, -0.1) is 0 Å². The Balaban J connectivity index is 1.20. The van der Waals surface area contributed by atoms with Crippen molar-refractivity contribution in [2.75, 3.05) is 0 Å². The molecule has 2 heteroatoms. The molecule has 1 unspecified atom stereocenters. The van der Waals surface area contributed by atoms with Crippen molar-refractivity contribution in [2.24, 2.45) is 0 Å². The van der Waals surface area contributed by atoms with Gasteiger partial charge in [0.25, 0.3) is 0 Å². The van der Waals surface area contributed by atoms with E-state index in [1.807, 2.05) is 0 Å².